The number of aromatic nitrogens is 3. The van der Waals surface area contributed by atoms with Crippen molar-refractivity contribution in [2.45, 2.75) is 38.1 Å². The van der Waals surface area contributed by atoms with Crippen molar-refractivity contribution in [1.29, 1.82) is 0 Å². The maximum absolute atomic E-state index is 12.9. The van der Waals surface area contributed by atoms with Crippen LogP contribution in [0.3, 0.4) is 0 Å². The van der Waals surface area contributed by atoms with Crippen LogP contribution in [-0.4, -0.2) is 63.3 Å². The van der Waals surface area contributed by atoms with E-state index in [9.17, 15) is 4.79 Å². The van der Waals surface area contributed by atoms with Gasteiger partial charge >= 0.3 is 0 Å². The highest BCUT2D eigenvalue weighted by Gasteiger charge is 2.30. The minimum Gasteiger partial charge on any atom is -0.337 e. The van der Waals surface area contributed by atoms with Crippen LogP contribution >= 0.6 is 11.6 Å². The molecule has 4 rings (SSSR count). The second kappa shape index (κ2) is 8.27. The lowest BCUT2D eigenvalue weighted by Gasteiger charge is -2.40. The van der Waals surface area contributed by atoms with Gasteiger partial charge in [0.2, 0.25) is 0 Å². The van der Waals surface area contributed by atoms with Crippen molar-refractivity contribution >= 4 is 29.0 Å². The van der Waals surface area contributed by atoms with E-state index in [4.69, 9.17) is 11.6 Å². The van der Waals surface area contributed by atoms with Crippen LogP contribution in [-0.2, 0) is 0 Å². The molecule has 7 nitrogen and oxygen atoms in total. The third kappa shape index (κ3) is 4.25. The Labute approximate surface area is 164 Å². The van der Waals surface area contributed by atoms with Gasteiger partial charge in [0.1, 0.15) is 0 Å². The minimum atomic E-state index is -0.0784. The second-order valence-corrected chi connectivity index (χ2v) is 7.71. The summed E-state index contributed by atoms with van der Waals surface area (Å²) in [7, 11) is 0. The fourth-order valence-corrected chi connectivity index (χ4v) is 4.23. The number of amides is 1. The molecule has 2 aromatic rings. The van der Waals surface area contributed by atoms with Crippen LogP contribution in [0.15, 0.2) is 24.3 Å². The number of H-pyrrole nitrogens is 1. The first kappa shape index (κ1) is 18.3. The number of benzene rings is 1. The lowest BCUT2D eigenvalue weighted by molar-refractivity contribution is 0.0585. The van der Waals surface area contributed by atoms with Crippen LogP contribution in [0, 0.1) is 0 Å². The summed E-state index contributed by atoms with van der Waals surface area (Å²) in [6.07, 6.45) is 6.01. The summed E-state index contributed by atoms with van der Waals surface area (Å²) in [6, 6.07) is 7.91. The highest BCUT2D eigenvalue weighted by molar-refractivity contribution is 6.30. The number of halogens is 1. The number of hydrogen-bond acceptors (Lipinski definition) is 5. The van der Waals surface area contributed by atoms with Gasteiger partial charge in [0.25, 0.3) is 5.91 Å². The quantitative estimate of drug-likeness (QED) is 0.840. The Bertz CT molecular complexity index is 780. The number of likely N-dealkylation sites (tertiary alicyclic amines) is 2. The number of nitrogens with zero attached hydrogens (tertiary/aromatic N) is 4. The maximum atomic E-state index is 12.9. The molecule has 2 aliphatic heterocycles. The third-order valence-electron chi connectivity index (χ3n) is 5.50. The second-order valence-electron chi connectivity index (χ2n) is 7.28. The summed E-state index contributed by atoms with van der Waals surface area (Å²) >= 11 is 6.02. The summed E-state index contributed by atoms with van der Waals surface area (Å²) < 4.78 is 0. The molecule has 1 aromatic heterocycles. The first-order valence-corrected chi connectivity index (χ1v) is 10.1. The molecule has 0 unspecified atom stereocenters. The Kier molecular flexibility index (Phi) is 5.59. The SMILES string of the molecule is O=C(c1n[nH]nc1Nc1cccc(Cl)c1)N1CCC(N2CCCCC2)CC1. The van der Waals surface area contributed by atoms with Gasteiger partial charge in [0.15, 0.2) is 11.5 Å². The molecule has 2 aliphatic rings. The molecule has 2 N–H and O–H groups in total. The van der Waals surface area contributed by atoms with E-state index in [1.54, 1.807) is 12.1 Å². The standard InChI is InChI=1S/C19H25ClN6O/c20-14-5-4-6-15(13-14)21-18-17(22-24-23-18)19(27)26-11-7-16(8-12-26)25-9-2-1-3-10-25/h4-6,13,16H,1-3,7-12H2,(H2,21,22,23,24). The van der Waals surface area contributed by atoms with Crippen LogP contribution in [0.4, 0.5) is 11.5 Å². The monoisotopic (exact) mass is 388 g/mol. The van der Waals surface area contributed by atoms with E-state index in [0.717, 1.165) is 31.6 Å². The Balaban J connectivity index is 1.38. The summed E-state index contributed by atoms with van der Waals surface area (Å²) in [4.78, 5) is 17.4. The molecule has 144 valence electrons. The molecule has 0 aliphatic carbocycles. The Morgan fingerprint density at radius 3 is 2.63 bits per heavy atom. The van der Waals surface area contributed by atoms with Gasteiger partial charge in [-0.1, -0.05) is 24.1 Å². The van der Waals surface area contributed by atoms with Gasteiger partial charge in [-0.15, -0.1) is 10.2 Å². The number of carbonyl (C=O) groups excluding carboxylic acids is 1. The van der Waals surface area contributed by atoms with Crippen LogP contribution in [0.2, 0.25) is 5.02 Å². The van der Waals surface area contributed by atoms with Crippen molar-refractivity contribution < 1.29 is 4.79 Å². The van der Waals surface area contributed by atoms with Gasteiger partial charge < -0.3 is 15.1 Å². The van der Waals surface area contributed by atoms with Gasteiger partial charge in [-0.3, -0.25) is 4.79 Å². The molecule has 2 saturated heterocycles. The molecule has 1 aromatic carbocycles. The molecule has 0 atom stereocenters. The van der Waals surface area contributed by atoms with Gasteiger partial charge in [0.05, 0.1) is 0 Å². The zero-order valence-electron chi connectivity index (χ0n) is 15.3. The predicted molar refractivity (Wildman–Crippen MR) is 105 cm³/mol. The van der Waals surface area contributed by atoms with E-state index in [2.05, 4.69) is 25.6 Å². The number of anilines is 2. The zero-order chi connectivity index (χ0) is 18.6. The van der Waals surface area contributed by atoms with Crippen molar-refractivity contribution in [3.8, 4) is 0 Å². The minimum absolute atomic E-state index is 0.0784. The molecule has 3 heterocycles. The van der Waals surface area contributed by atoms with Gasteiger partial charge in [-0.05, 0) is 57.0 Å². The number of rotatable bonds is 4. The van der Waals surface area contributed by atoms with Gasteiger partial charge in [-0.25, -0.2) is 0 Å². The van der Waals surface area contributed by atoms with Crippen LogP contribution in [0.25, 0.3) is 0 Å². The Morgan fingerprint density at radius 1 is 1.11 bits per heavy atom. The van der Waals surface area contributed by atoms with Crippen molar-refractivity contribution in [3.05, 3.63) is 35.0 Å². The van der Waals surface area contributed by atoms with Crippen molar-refractivity contribution in [3.63, 3.8) is 0 Å². The van der Waals surface area contributed by atoms with E-state index < -0.39 is 0 Å². The summed E-state index contributed by atoms with van der Waals surface area (Å²) in [5, 5.41) is 14.5. The molecule has 27 heavy (non-hydrogen) atoms. The average Bonchev–Trinajstić information content (AvgIpc) is 3.16. The smallest absolute Gasteiger partial charge is 0.278 e. The fourth-order valence-electron chi connectivity index (χ4n) is 4.04. The summed E-state index contributed by atoms with van der Waals surface area (Å²) in [5.41, 5.74) is 1.10. The molecule has 1 amide bonds. The molecule has 0 radical (unpaired) electrons. The first-order chi connectivity index (χ1) is 13.2. The largest absolute Gasteiger partial charge is 0.337 e. The summed E-state index contributed by atoms with van der Waals surface area (Å²) in [6.45, 7) is 3.94. The normalized spacial score (nSPS) is 19.2. The van der Waals surface area contributed by atoms with E-state index in [-0.39, 0.29) is 5.91 Å². The van der Waals surface area contributed by atoms with Crippen LogP contribution in [0.5, 0.6) is 0 Å². The van der Waals surface area contributed by atoms with Crippen molar-refractivity contribution in [2.24, 2.45) is 0 Å². The molecule has 2 fully saturated rings. The molecule has 0 spiro atoms. The lowest BCUT2D eigenvalue weighted by atomic mass is 9.99. The number of carbonyl (C=O) groups is 1. The average molecular weight is 389 g/mol. The van der Waals surface area contributed by atoms with Crippen molar-refractivity contribution in [1.82, 2.24) is 25.2 Å². The molecular weight excluding hydrogens is 364 g/mol. The summed E-state index contributed by atoms with van der Waals surface area (Å²) in [5.74, 6) is 0.353. The third-order valence-corrected chi connectivity index (χ3v) is 5.73. The number of piperidine rings is 2. The molecule has 0 bridgehead atoms. The van der Waals surface area contributed by atoms with Crippen LogP contribution < -0.4 is 5.32 Å². The maximum Gasteiger partial charge on any atom is 0.278 e. The highest BCUT2D eigenvalue weighted by Crippen LogP contribution is 2.24. The Hall–Kier alpha value is -2.12. The first-order valence-electron chi connectivity index (χ1n) is 9.67. The van der Waals surface area contributed by atoms with E-state index in [1.807, 2.05) is 17.0 Å². The fraction of sp³-hybridized carbons (Fsp3) is 0.526. The number of hydrogen-bond donors (Lipinski definition) is 2. The molecular formula is C19H25ClN6O. The van der Waals surface area contributed by atoms with Gasteiger partial charge in [-0.2, -0.15) is 5.21 Å². The van der Waals surface area contributed by atoms with Gasteiger partial charge in [0, 0.05) is 29.8 Å². The predicted octanol–water partition coefficient (Wildman–Crippen LogP) is 3.29. The molecule has 8 heteroatoms. The van der Waals surface area contributed by atoms with E-state index in [1.165, 1.54) is 32.4 Å². The zero-order valence-corrected chi connectivity index (χ0v) is 16.1. The Morgan fingerprint density at radius 2 is 1.89 bits per heavy atom. The molecule has 0 saturated carbocycles. The number of aromatic amines is 1. The number of nitrogens with one attached hydrogen (secondary N) is 2. The topological polar surface area (TPSA) is 77.1 Å². The van der Waals surface area contributed by atoms with Crippen LogP contribution in [0.1, 0.15) is 42.6 Å². The van der Waals surface area contributed by atoms with E-state index >= 15 is 0 Å². The lowest BCUT2D eigenvalue weighted by Crippen LogP contribution is -2.48. The highest BCUT2D eigenvalue weighted by atomic mass is 35.5. The van der Waals surface area contributed by atoms with E-state index in [0.29, 0.717) is 22.6 Å². The van der Waals surface area contributed by atoms with Crippen molar-refractivity contribution in [2.75, 3.05) is 31.5 Å².